The van der Waals surface area contributed by atoms with Gasteiger partial charge in [-0.1, -0.05) is 30.3 Å². The lowest BCUT2D eigenvalue weighted by Crippen LogP contribution is -2.22. The molecule has 2 aromatic rings. The zero-order chi connectivity index (χ0) is 15.7. The summed E-state index contributed by atoms with van der Waals surface area (Å²) in [5.74, 6) is -0.235. The third kappa shape index (κ3) is 2.46. The van der Waals surface area contributed by atoms with E-state index in [4.69, 9.17) is 0 Å². The van der Waals surface area contributed by atoms with Gasteiger partial charge in [0.25, 0.3) is 5.69 Å². The van der Waals surface area contributed by atoms with Crippen molar-refractivity contribution in [3.8, 4) is 0 Å². The predicted octanol–water partition coefficient (Wildman–Crippen LogP) is 2.77. The van der Waals surface area contributed by atoms with Crippen LogP contribution in [0.25, 0.3) is 0 Å². The van der Waals surface area contributed by atoms with Crippen molar-refractivity contribution in [3.05, 3.63) is 69.8 Å². The Morgan fingerprint density at radius 1 is 1.18 bits per heavy atom. The van der Waals surface area contributed by atoms with Crippen LogP contribution in [-0.2, 0) is 4.79 Å². The number of hydrogen-bond donors (Lipinski definition) is 1. The van der Waals surface area contributed by atoms with Crippen molar-refractivity contribution >= 4 is 23.0 Å². The summed E-state index contributed by atoms with van der Waals surface area (Å²) in [5, 5.41) is 13.8. The quantitative estimate of drug-likeness (QED) is 0.683. The molecule has 1 aliphatic rings. The van der Waals surface area contributed by atoms with Gasteiger partial charge in [-0.3, -0.25) is 19.9 Å². The molecule has 1 N–H and O–H groups in total. The average Bonchev–Trinajstić information content (AvgIpc) is 2.65. The Kier molecular flexibility index (Phi) is 3.42. The minimum atomic E-state index is -0.568. The van der Waals surface area contributed by atoms with Gasteiger partial charge in [-0.2, -0.15) is 0 Å². The number of nitro benzene ring substituents is 1. The number of nitrogens with zero attached hydrogens (tertiary/aromatic N) is 2. The highest BCUT2D eigenvalue weighted by Gasteiger charge is 2.24. The zero-order valence-electron chi connectivity index (χ0n) is 11.8. The Hall–Kier alpha value is -3.02. The molecule has 0 saturated heterocycles. The molecule has 3 rings (SSSR count). The Labute approximate surface area is 126 Å². The molecule has 0 saturated carbocycles. The molecule has 0 aromatic heterocycles. The lowest BCUT2D eigenvalue weighted by atomic mass is 10.00. The largest absolute Gasteiger partial charge is 0.324 e. The first-order chi connectivity index (χ1) is 10.6. The molecule has 1 unspecified atom stereocenters. The first kappa shape index (κ1) is 13.9. The Morgan fingerprint density at radius 3 is 2.59 bits per heavy atom. The second kappa shape index (κ2) is 5.40. The lowest BCUT2D eigenvalue weighted by molar-refractivity contribution is -0.384. The monoisotopic (exact) mass is 295 g/mol. The van der Waals surface area contributed by atoms with Gasteiger partial charge in [0.15, 0.2) is 0 Å². The van der Waals surface area contributed by atoms with Crippen LogP contribution >= 0.6 is 0 Å². The number of hydrogen-bond acceptors (Lipinski definition) is 4. The van der Waals surface area contributed by atoms with Crippen LogP contribution in [0.4, 0.5) is 11.4 Å². The van der Waals surface area contributed by atoms with Crippen LogP contribution in [0.2, 0.25) is 0 Å². The summed E-state index contributed by atoms with van der Waals surface area (Å²) in [5.41, 5.74) is 2.43. The van der Waals surface area contributed by atoms with Gasteiger partial charge < -0.3 is 5.32 Å². The van der Waals surface area contributed by atoms with E-state index in [9.17, 15) is 14.9 Å². The number of nitrogens with one attached hydrogen (secondary N) is 1. The van der Waals surface area contributed by atoms with Crippen molar-refractivity contribution < 1.29 is 9.72 Å². The Balaban J connectivity index is 2.24. The molecular weight excluding hydrogens is 282 g/mol. The number of fused-ring (bicyclic) bond motifs is 1. The lowest BCUT2D eigenvalue weighted by Gasteiger charge is -2.09. The summed E-state index contributed by atoms with van der Waals surface area (Å²) in [6.07, 6.45) is 0. The molecule has 1 amide bonds. The zero-order valence-corrected chi connectivity index (χ0v) is 11.8. The maximum Gasteiger partial charge on any atom is 0.270 e. The van der Waals surface area contributed by atoms with Crippen LogP contribution in [0, 0.1) is 10.1 Å². The molecule has 0 radical (unpaired) electrons. The van der Waals surface area contributed by atoms with Crippen LogP contribution in [0.15, 0.2) is 53.5 Å². The summed E-state index contributed by atoms with van der Waals surface area (Å²) in [7, 11) is 0. The fourth-order valence-corrected chi connectivity index (χ4v) is 2.34. The molecular formula is C16H13N3O3. The van der Waals surface area contributed by atoms with E-state index in [2.05, 4.69) is 10.3 Å². The van der Waals surface area contributed by atoms with Gasteiger partial charge in [0.2, 0.25) is 5.91 Å². The second-order valence-electron chi connectivity index (χ2n) is 5.00. The van der Waals surface area contributed by atoms with Crippen molar-refractivity contribution in [1.29, 1.82) is 0 Å². The van der Waals surface area contributed by atoms with Gasteiger partial charge >= 0.3 is 0 Å². The minimum absolute atomic E-state index is 0.0359. The van der Waals surface area contributed by atoms with Crippen molar-refractivity contribution in [3.63, 3.8) is 0 Å². The van der Waals surface area contributed by atoms with Gasteiger partial charge in [0.05, 0.1) is 16.3 Å². The SMILES string of the molecule is CC1N=C(c2ccccc2)c2cc([N+](=O)[O-])ccc2NC1=O. The molecule has 6 nitrogen and oxygen atoms in total. The van der Waals surface area contributed by atoms with Crippen molar-refractivity contribution in [2.24, 2.45) is 4.99 Å². The van der Waals surface area contributed by atoms with Crippen LogP contribution in [-0.4, -0.2) is 22.6 Å². The smallest absolute Gasteiger partial charge is 0.270 e. The highest BCUT2D eigenvalue weighted by molar-refractivity contribution is 6.19. The number of rotatable bonds is 2. The molecule has 2 aromatic carbocycles. The van der Waals surface area contributed by atoms with E-state index in [0.29, 0.717) is 17.0 Å². The van der Waals surface area contributed by atoms with E-state index in [1.165, 1.54) is 12.1 Å². The molecule has 22 heavy (non-hydrogen) atoms. The highest BCUT2D eigenvalue weighted by atomic mass is 16.6. The number of non-ortho nitro benzene ring substituents is 1. The van der Waals surface area contributed by atoms with E-state index in [1.807, 2.05) is 30.3 Å². The summed E-state index contributed by atoms with van der Waals surface area (Å²) >= 11 is 0. The third-order valence-electron chi connectivity index (χ3n) is 3.48. The summed E-state index contributed by atoms with van der Waals surface area (Å²) in [6.45, 7) is 1.69. The molecule has 6 heteroatoms. The van der Waals surface area contributed by atoms with Gasteiger partial charge in [0, 0.05) is 23.3 Å². The number of anilines is 1. The highest BCUT2D eigenvalue weighted by Crippen LogP contribution is 2.28. The van der Waals surface area contributed by atoms with Gasteiger partial charge in [-0.05, 0) is 13.0 Å². The second-order valence-corrected chi connectivity index (χ2v) is 5.00. The Morgan fingerprint density at radius 2 is 1.91 bits per heavy atom. The number of carbonyl (C=O) groups is 1. The number of carbonyl (C=O) groups excluding carboxylic acids is 1. The molecule has 0 bridgehead atoms. The third-order valence-corrected chi connectivity index (χ3v) is 3.48. The number of benzodiazepines with no additional fused rings is 1. The topological polar surface area (TPSA) is 84.6 Å². The maximum atomic E-state index is 12.0. The standard InChI is InChI=1S/C16H13N3O3/c1-10-16(20)18-14-8-7-12(19(21)22)9-13(14)15(17-10)11-5-3-2-4-6-11/h2-10H,1H3,(H,18,20). The van der Waals surface area contributed by atoms with E-state index in [-0.39, 0.29) is 11.6 Å². The molecule has 1 heterocycles. The molecule has 0 aliphatic carbocycles. The van der Waals surface area contributed by atoms with E-state index >= 15 is 0 Å². The van der Waals surface area contributed by atoms with Crippen LogP contribution in [0.1, 0.15) is 18.1 Å². The molecule has 110 valence electrons. The molecule has 1 atom stereocenters. The summed E-state index contributed by atoms with van der Waals surface area (Å²) < 4.78 is 0. The summed E-state index contributed by atoms with van der Waals surface area (Å²) in [6, 6.07) is 13.1. The van der Waals surface area contributed by atoms with Crippen LogP contribution in [0.3, 0.4) is 0 Å². The van der Waals surface area contributed by atoms with Crippen LogP contribution in [0.5, 0.6) is 0 Å². The van der Waals surface area contributed by atoms with Gasteiger partial charge in [-0.15, -0.1) is 0 Å². The molecule has 1 aliphatic heterocycles. The van der Waals surface area contributed by atoms with Crippen LogP contribution < -0.4 is 5.32 Å². The molecule has 0 fully saturated rings. The first-order valence-corrected chi connectivity index (χ1v) is 6.79. The normalized spacial score (nSPS) is 17.0. The fourth-order valence-electron chi connectivity index (χ4n) is 2.34. The minimum Gasteiger partial charge on any atom is -0.324 e. The molecule has 0 spiro atoms. The number of benzene rings is 2. The van der Waals surface area contributed by atoms with Crippen molar-refractivity contribution in [1.82, 2.24) is 0 Å². The van der Waals surface area contributed by atoms with E-state index < -0.39 is 11.0 Å². The fraction of sp³-hybridized carbons (Fsp3) is 0.125. The predicted molar refractivity (Wildman–Crippen MR) is 83.3 cm³/mol. The van der Waals surface area contributed by atoms with Gasteiger partial charge in [0.1, 0.15) is 6.04 Å². The number of nitro groups is 1. The first-order valence-electron chi connectivity index (χ1n) is 6.79. The maximum absolute atomic E-state index is 12.0. The van der Waals surface area contributed by atoms with Gasteiger partial charge in [-0.25, -0.2) is 0 Å². The van der Waals surface area contributed by atoms with E-state index in [1.54, 1.807) is 13.0 Å². The van der Waals surface area contributed by atoms with Crippen molar-refractivity contribution in [2.45, 2.75) is 13.0 Å². The number of aliphatic imine (C=N–C) groups is 1. The Bertz CT molecular complexity index is 784. The average molecular weight is 295 g/mol. The van der Waals surface area contributed by atoms with Crippen molar-refractivity contribution in [2.75, 3.05) is 5.32 Å². The van der Waals surface area contributed by atoms with E-state index in [0.717, 1.165) is 5.56 Å². The number of amides is 1. The summed E-state index contributed by atoms with van der Waals surface area (Å²) in [4.78, 5) is 27.0.